The maximum atomic E-state index is 10.8. The van der Waals surface area contributed by atoms with E-state index in [2.05, 4.69) is 22.1 Å². The molecule has 1 aromatic rings. The van der Waals surface area contributed by atoms with E-state index in [0.29, 0.717) is 11.1 Å². The monoisotopic (exact) mass is 226 g/mol. The first-order chi connectivity index (χ1) is 7.24. The van der Waals surface area contributed by atoms with Crippen LogP contribution in [0.4, 0.5) is 0 Å². The maximum Gasteiger partial charge on any atom is 0.341 e. The van der Waals surface area contributed by atoms with Crippen LogP contribution in [0.1, 0.15) is 25.7 Å². The van der Waals surface area contributed by atoms with Gasteiger partial charge in [0.1, 0.15) is 0 Å². The second-order valence-electron chi connectivity index (χ2n) is 4.18. The highest BCUT2D eigenvalue weighted by Gasteiger charge is 2.18. The molecule has 0 bridgehead atoms. The van der Waals surface area contributed by atoms with Gasteiger partial charge in [0.2, 0.25) is 0 Å². The lowest BCUT2D eigenvalue weighted by atomic mass is 9.84. The van der Waals surface area contributed by atoms with E-state index >= 15 is 0 Å². The molecule has 15 heavy (non-hydrogen) atoms. The normalized spacial score (nSPS) is 26.7. The van der Waals surface area contributed by atoms with Crippen LogP contribution in [0.25, 0.3) is 0 Å². The summed E-state index contributed by atoms with van der Waals surface area (Å²) in [6.07, 6.45) is 5.00. The Hall–Kier alpha value is -0.710. The third kappa shape index (κ3) is 3.12. The molecule has 1 heterocycles. The Kier molecular flexibility index (Phi) is 3.51. The first kappa shape index (κ1) is 10.8. The SMILES string of the molecule is [CH2][C@H]1CC[C@H](CSc2n[nH]c(=O)[nH]2)CC1. The fourth-order valence-electron chi connectivity index (χ4n) is 1.92. The summed E-state index contributed by atoms with van der Waals surface area (Å²) in [6.45, 7) is 4.08. The van der Waals surface area contributed by atoms with E-state index < -0.39 is 0 Å². The quantitative estimate of drug-likeness (QED) is 0.773. The number of aromatic amines is 2. The third-order valence-corrected chi connectivity index (χ3v) is 4.01. The molecule has 2 N–H and O–H groups in total. The summed E-state index contributed by atoms with van der Waals surface area (Å²) < 4.78 is 0. The van der Waals surface area contributed by atoms with Crippen molar-refractivity contribution in [2.45, 2.75) is 30.8 Å². The van der Waals surface area contributed by atoms with E-state index in [1.807, 2.05) is 0 Å². The molecule has 1 aromatic heterocycles. The first-order valence-corrected chi connectivity index (χ1v) is 6.33. The van der Waals surface area contributed by atoms with E-state index in [4.69, 9.17) is 0 Å². The summed E-state index contributed by atoms with van der Waals surface area (Å²) >= 11 is 1.63. The Morgan fingerprint density at radius 1 is 1.40 bits per heavy atom. The summed E-state index contributed by atoms with van der Waals surface area (Å²) in [5.74, 6) is 2.46. The molecule has 0 atom stereocenters. The maximum absolute atomic E-state index is 10.8. The van der Waals surface area contributed by atoms with Crippen LogP contribution in [0.2, 0.25) is 0 Å². The molecule has 0 amide bonds. The number of aromatic nitrogens is 3. The lowest BCUT2D eigenvalue weighted by Gasteiger charge is -2.25. The summed E-state index contributed by atoms with van der Waals surface area (Å²) in [4.78, 5) is 13.4. The Morgan fingerprint density at radius 3 is 2.73 bits per heavy atom. The predicted octanol–water partition coefficient (Wildman–Crippen LogP) is 1.83. The highest BCUT2D eigenvalue weighted by atomic mass is 32.2. The first-order valence-electron chi connectivity index (χ1n) is 5.34. The van der Waals surface area contributed by atoms with Gasteiger partial charge in [-0.25, -0.2) is 9.89 Å². The second kappa shape index (κ2) is 4.88. The highest BCUT2D eigenvalue weighted by Crippen LogP contribution is 2.31. The minimum absolute atomic E-state index is 0.223. The molecular weight excluding hydrogens is 210 g/mol. The Labute approximate surface area is 93.2 Å². The van der Waals surface area contributed by atoms with Gasteiger partial charge in [0, 0.05) is 5.75 Å². The smallest absolute Gasteiger partial charge is 0.284 e. The molecule has 0 aromatic carbocycles. The van der Waals surface area contributed by atoms with Crippen molar-refractivity contribution in [3.05, 3.63) is 17.4 Å². The van der Waals surface area contributed by atoms with Gasteiger partial charge >= 0.3 is 5.69 Å². The molecular formula is C10H16N3OS. The number of nitrogens with zero attached hydrogens (tertiary/aromatic N) is 1. The fourth-order valence-corrected chi connectivity index (χ4v) is 2.92. The molecule has 0 saturated heterocycles. The highest BCUT2D eigenvalue weighted by molar-refractivity contribution is 7.99. The second-order valence-corrected chi connectivity index (χ2v) is 5.19. The average Bonchev–Trinajstić information content (AvgIpc) is 2.64. The molecule has 2 rings (SSSR count). The molecule has 83 valence electrons. The van der Waals surface area contributed by atoms with Crippen LogP contribution in [-0.4, -0.2) is 20.9 Å². The van der Waals surface area contributed by atoms with Crippen molar-refractivity contribution in [1.29, 1.82) is 0 Å². The van der Waals surface area contributed by atoms with Gasteiger partial charge in [0.05, 0.1) is 0 Å². The minimum atomic E-state index is -0.223. The van der Waals surface area contributed by atoms with Crippen molar-refractivity contribution in [3.63, 3.8) is 0 Å². The van der Waals surface area contributed by atoms with Crippen molar-refractivity contribution in [2.75, 3.05) is 5.75 Å². The van der Waals surface area contributed by atoms with Crippen LogP contribution in [0.15, 0.2) is 9.95 Å². The average molecular weight is 226 g/mol. The van der Waals surface area contributed by atoms with Crippen LogP contribution >= 0.6 is 11.8 Å². The fraction of sp³-hybridized carbons (Fsp3) is 0.700. The molecule has 1 aliphatic carbocycles. The Bertz CT molecular complexity index is 352. The van der Waals surface area contributed by atoms with E-state index in [9.17, 15) is 4.79 Å². The summed E-state index contributed by atoms with van der Waals surface area (Å²) in [5.41, 5.74) is -0.223. The number of H-pyrrole nitrogens is 2. The molecule has 1 radical (unpaired) electrons. The number of nitrogens with one attached hydrogen (secondary N) is 2. The van der Waals surface area contributed by atoms with Crippen LogP contribution in [0.3, 0.4) is 0 Å². The molecule has 0 spiro atoms. The van der Waals surface area contributed by atoms with Gasteiger partial charge in [-0.05, 0) is 24.7 Å². The van der Waals surface area contributed by atoms with Gasteiger partial charge in [-0.1, -0.05) is 31.5 Å². The summed E-state index contributed by atoms with van der Waals surface area (Å²) in [7, 11) is 0. The van der Waals surface area contributed by atoms with E-state index in [-0.39, 0.29) is 5.69 Å². The summed E-state index contributed by atoms with van der Waals surface area (Å²) in [5, 5.41) is 6.95. The lowest BCUT2D eigenvalue weighted by molar-refractivity contribution is 0.333. The summed E-state index contributed by atoms with van der Waals surface area (Å²) in [6, 6.07) is 0. The van der Waals surface area contributed by atoms with E-state index in [1.165, 1.54) is 25.7 Å². The zero-order valence-corrected chi connectivity index (χ0v) is 9.48. The van der Waals surface area contributed by atoms with Gasteiger partial charge in [0.25, 0.3) is 0 Å². The standard InChI is InChI=1S/C10H16N3OS/c1-7-2-4-8(5-3-7)6-15-10-11-9(14)12-13-10/h7-8H,1-6H2,(H2,11,12,13,14)/t7-,8-. The zero-order valence-electron chi connectivity index (χ0n) is 8.66. The van der Waals surface area contributed by atoms with Crippen LogP contribution in [0.5, 0.6) is 0 Å². The van der Waals surface area contributed by atoms with E-state index in [0.717, 1.165) is 11.7 Å². The van der Waals surface area contributed by atoms with Crippen molar-refractivity contribution in [3.8, 4) is 0 Å². The lowest BCUT2D eigenvalue weighted by Crippen LogP contribution is -2.14. The molecule has 5 heteroatoms. The zero-order chi connectivity index (χ0) is 10.7. The Morgan fingerprint density at radius 2 is 2.13 bits per heavy atom. The van der Waals surface area contributed by atoms with Crippen molar-refractivity contribution in [1.82, 2.24) is 15.2 Å². The number of hydrogen-bond donors (Lipinski definition) is 2. The van der Waals surface area contributed by atoms with Crippen LogP contribution in [-0.2, 0) is 0 Å². The molecule has 1 aliphatic rings. The van der Waals surface area contributed by atoms with Crippen molar-refractivity contribution in [2.24, 2.45) is 11.8 Å². The molecule has 0 unspecified atom stereocenters. The van der Waals surface area contributed by atoms with Gasteiger partial charge in [-0.15, -0.1) is 5.10 Å². The number of rotatable bonds is 3. The van der Waals surface area contributed by atoms with Crippen molar-refractivity contribution < 1.29 is 0 Å². The van der Waals surface area contributed by atoms with Crippen LogP contribution < -0.4 is 5.69 Å². The van der Waals surface area contributed by atoms with Crippen molar-refractivity contribution >= 4 is 11.8 Å². The Balaban J connectivity index is 1.76. The van der Waals surface area contributed by atoms with Crippen LogP contribution in [0, 0.1) is 18.8 Å². The molecule has 1 fully saturated rings. The van der Waals surface area contributed by atoms with Gasteiger partial charge in [-0.3, -0.25) is 4.98 Å². The number of hydrogen-bond acceptors (Lipinski definition) is 3. The largest absolute Gasteiger partial charge is 0.341 e. The van der Waals surface area contributed by atoms with Gasteiger partial charge in [-0.2, -0.15) is 0 Å². The van der Waals surface area contributed by atoms with Gasteiger partial charge in [0.15, 0.2) is 5.16 Å². The molecule has 0 aliphatic heterocycles. The van der Waals surface area contributed by atoms with E-state index in [1.54, 1.807) is 11.8 Å². The third-order valence-electron chi connectivity index (χ3n) is 2.90. The number of thioether (sulfide) groups is 1. The molecule has 4 nitrogen and oxygen atoms in total. The predicted molar refractivity (Wildman–Crippen MR) is 60.7 cm³/mol. The minimum Gasteiger partial charge on any atom is -0.284 e. The van der Waals surface area contributed by atoms with Gasteiger partial charge < -0.3 is 0 Å². The molecule has 1 saturated carbocycles. The topological polar surface area (TPSA) is 61.5 Å².